The first-order valence-corrected chi connectivity index (χ1v) is 14.0. The van der Waals surface area contributed by atoms with Crippen LogP contribution in [0.4, 0.5) is 0 Å². The van der Waals surface area contributed by atoms with Crippen LogP contribution in [0.15, 0.2) is 71.9 Å². The van der Waals surface area contributed by atoms with Gasteiger partial charge in [-0.1, -0.05) is 69.1 Å². The number of carbonyl (C=O) groups excluding carboxylic acids is 2. The van der Waals surface area contributed by atoms with E-state index in [2.05, 4.69) is 45.0 Å². The van der Waals surface area contributed by atoms with Crippen LogP contribution in [0, 0.1) is 11.8 Å². The van der Waals surface area contributed by atoms with Gasteiger partial charge in [-0.15, -0.1) is 0 Å². The maximum absolute atomic E-state index is 12.1. The van der Waals surface area contributed by atoms with E-state index in [1.807, 2.05) is 65.0 Å². The lowest BCUT2D eigenvalue weighted by atomic mass is 9.97. The highest BCUT2D eigenvalue weighted by Crippen LogP contribution is 2.20. The van der Waals surface area contributed by atoms with Gasteiger partial charge in [0.25, 0.3) is 12.4 Å². The maximum Gasteiger partial charge on any atom is 0.292 e. The van der Waals surface area contributed by atoms with Crippen LogP contribution in [0.5, 0.6) is 0 Å². The summed E-state index contributed by atoms with van der Waals surface area (Å²) in [6.45, 7) is 15.5. The minimum Gasteiger partial charge on any atom is -0.471 e. The molecule has 1 unspecified atom stereocenters. The number of amides is 1. The number of benzene rings is 1. The lowest BCUT2D eigenvalue weighted by Gasteiger charge is -2.28. The van der Waals surface area contributed by atoms with Crippen LogP contribution in [-0.4, -0.2) is 69.8 Å². The molecule has 1 atom stereocenters. The number of nitrogens with two attached hydrogens (primary N) is 1. The van der Waals surface area contributed by atoms with E-state index < -0.39 is 0 Å². The van der Waals surface area contributed by atoms with E-state index in [9.17, 15) is 4.79 Å². The number of ether oxygens (including phenoxy) is 2. The molecule has 1 heterocycles. The molecule has 1 aliphatic carbocycles. The van der Waals surface area contributed by atoms with Gasteiger partial charge >= 0.3 is 0 Å². The number of carbonyl (C=O) groups is 2. The summed E-state index contributed by atoms with van der Waals surface area (Å²) in [4.78, 5) is 23.5. The number of rotatable bonds is 7. The minimum absolute atomic E-state index is 0. The number of hydrogen-bond acceptors (Lipinski definition) is 6. The molecule has 1 fully saturated rings. The third-order valence-electron chi connectivity index (χ3n) is 5.70. The molecule has 0 radical (unpaired) electrons. The van der Waals surface area contributed by atoms with E-state index in [0.717, 1.165) is 51.3 Å². The van der Waals surface area contributed by atoms with Gasteiger partial charge in [-0.3, -0.25) is 14.5 Å². The molecule has 0 aromatic heterocycles. The summed E-state index contributed by atoms with van der Waals surface area (Å²) in [5.74, 6) is 6.09. The molecule has 1 aromatic carbocycles. The van der Waals surface area contributed by atoms with Crippen molar-refractivity contribution in [1.82, 2.24) is 10.2 Å². The molecule has 1 aliphatic heterocycles. The predicted octanol–water partition coefficient (Wildman–Crippen LogP) is 5.68. The van der Waals surface area contributed by atoms with Crippen LogP contribution in [0.1, 0.15) is 70.8 Å². The Balaban J connectivity index is 0. The summed E-state index contributed by atoms with van der Waals surface area (Å²) >= 11 is 0. The second-order valence-corrected chi connectivity index (χ2v) is 8.74. The molecule has 0 bridgehead atoms. The van der Waals surface area contributed by atoms with Crippen molar-refractivity contribution in [3.8, 4) is 11.8 Å². The van der Waals surface area contributed by atoms with E-state index in [1.54, 1.807) is 12.1 Å². The smallest absolute Gasteiger partial charge is 0.292 e. The fourth-order valence-electron chi connectivity index (χ4n) is 3.36. The third kappa shape index (κ3) is 19.3. The molecule has 2 aliphatic rings. The number of hydrogen-bond donors (Lipinski definition) is 2. The van der Waals surface area contributed by atoms with Gasteiger partial charge in [-0.2, -0.15) is 0 Å². The second kappa shape index (κ2) is 26.8. The van der Waals surface area contributed by atoms with Gasteiger partial charge in [-0.25, -0.2) is 0 Å². The molecule has 228 valence electrons. The van der Waals surface area contributed by atoms with E-state index in [4.69, 9.17) is 15.3 Å². The molecular formula is C34H53N3O4. The van der Waals surface area contributed by atoms with Gasteiger partial charge in [-0.05, 0) is 69.5 Å². The number of allylic oxidation sites excluding steroid dienone is 7. The van der Waals surface area contributed by atoms with Gasteiger partial charge in [0.15, 0.2) is 0 Å². The van der Waals surface area contributed by atoms with Crippen molar-refractivity contribution in [2.45, 2.75) is 60.9 Å². The molecule has 3 rings (SSSR count). The normalized spacial score (nSPS) is 14.9. The molecule has 1 aromatic rings. The average Bonchev–Trinajstić information content (AvgIpc) is 3.02. The lowest BCUT2D eigenvalue weighted by molar-refractivity contribution is -0.126. The van der Waals surface area contributed by atoms with Gasteiger partial charge in [0.1, 0.15) is 0 Å². The summed E-state index contributed by atoms with van der Waals surface area (Å²) in [5, 5.41) is 2.85. The monoisotopic (exact) mass is 567 g/mol. The fraction of sp³-hybridized carbons (Fsp3) is 0.471. The Bertz CT molecular complexity index is 1000. The Labute approximate surface area is 249 Å². The average molecular weight is 568 g/mol. The van der Waals surface area contributed by atoms with E-state index in [1.165, 1.54) is 18.3 Å². The number of nitrogens with one attached hydrogen (secondary N) is 1. The standard InChI is InChI=1S/C25H31N3O2.C4H8.C2H4O2.C2H6.CH4/c1-20(18-26)27-25(29)24-12-10-22(11-13-24)5-3-2-4-21-6-8-23(9-7-21)19-28-14-16-30-17-15-28;1-3-4-2;1-4-2-3;1-2;/h2,4,6,8,10-13,20H,7,9,14-19,26H2,1H3,(H,27,29);3-4H,1-2H3;2H,1H3;1-2H3;1H4/b4-2+;;;;. The van der Waals surface area contributed by atoms with Crippen molar-refractivity contribution in [3.63, 3.8) is 0 Å². The van der Waals surface area contributed by atoms with Crippen LogP contribution >= 0.6 is 0 Å². The largest absolute Gasteiger partial charge is 0.471 e. The molecular weight excluding hydrogens is 514 g/mol. The highest BCUT2D eigenvalue weighted by Gasteiger charge is 2.13. The van der Waals surface area contributed by atoms with Crippen LogP contribution < -0.4 is 11.1 Å². The van der Waals surface area contributed by atoms with Crippen molar-refractivity contribution in [1.29, 1.82) is 0 Å². The maximum atomic E-state index is 12.1. The number of morpholine rings is 1. The lowest BCUT2D eigenvalue weighted by Crippen LogP contribution is -2.37. The highest BCUT2D eigenvalue weighted by atomic mass is 16.5. The fourth-order valence-corrected chi connectivity index (χ4v) is 3.36. The molecule has 1 saturated heterocycles. The Kier molecular flexibility index (Phi) is 25.9. The van der Waals surface area contributed by atoms with Crippen molar-refractivity contribution >= 4 is 12.4 Å². The zero-order valence-corrected chi connectivity index (χ0v) is 25.2. The minimum atomic E-state index is -0.113. The van der Waals surface area contributed by atoms with Gasteiger partial charge in [0.05, 0.1) is 20.3 Å². The predicted molar refractivity (Wildman–Crippen MR) is 173 cm³/mol. The van der Waals surface area contributed by atoms with E-state index >= 15 is 0 Å². The SMILES string of the molecule is C.CC.CC(CN)NC(=O)c1ccc(C#C/C=C/C2=CC=C(CN3CCOCC3)CC2)cc1.CC=CC.COC=O. The molecule has 0 spiro atoms. The van der Waals surface area contributed by atoms with Crippen LogP contribution in [-0.2, 0) is 14.3 Å². The van der Waals surface area contributed by atoms with E-state index in [0.29, 0.717) is 18.6 Å². The Morgan fingerprint density at radius 2 is 1.73 bits per heavy atom. The van der Waals surface area contributed by atoms with Crippen LogP contribution in [0.25, 0.3) is 0 Å². The first-order valence-electron chi connectivity index (χ1n) is 14.0. The topological polar surface area (TPSA) is 93.9 Å². The summed E-state index contributed by atoms with van der Waals surface area (Å²) in [7, 11) is 1.31. The summed E-state index contributed by atoms with van der Waals surface area (Å²) in [5.41, 5.74) is 9.83. The summed E-state index contributed by atoms with van der Waals surface area (Å²) in [6.07, 6.45) is 14.6. The zero-order chi connectivity index (χ0) is 30.0. The second-order valence-electron chi connectivity index (χ2n) is 8.74. The first-order chi connectivity index (χ1) is 19.5. The van der Waals surface area contributed by atoms with Crippen molar-refractivity contribution in [2.75, 3.05) is 46.5 Å². The van der Waals surface area contributed by atoms with Gasteiger partial charge in [0, 0.05) is 43.3 Å². The highest BCUT2D eigenvalue weighted by molar-refractivity contribution is 5.94. The first kappa shape index (κ1) is 39.7. The molecule has 3 N–H and O–H groups in total. The van der Waals surface area contributed by atoms with Crippen LogP contribution in [0.3, 0.4) is 0 Å². The van der Waals surface area contributed by atoms with Crippen molar-refractivity contribution in [2.24, 2.45) is 5.73 Å². The molecule has 7 nitrogen and oxygen atoms in total. The summed E-state index contributed by atoms with van der Waals surface area (Å²) in [6, 6.07) is 7.27. The Morgan fingerprint density at radius 1 is 1.12 bits per heavy atom. The Morgan fingerprint density at radius 3 is 2.22 bits per heavy atom. The van der Waals surface area contributed by atoms with Crippen molar-refractivity contribution < 1.29 is 19.1 Å². The number of nitrogens with zero attached hydrogens (tertiary/aromatic N) is 1. The van der Waals surface area contributed by atoms with Crippen LogP contribution in [0.2, 0.25) is 0 Å². The number of methoxy groups -OCH3 is 1. The summed E-state index contributed by atoms with van der Waals surface area (Å²) < 4.78 is 9.27. The zero-order valence-electron chi connectivity index (χ0n) is 25.2. The van der Waals surface area contributed by atoms with Gasteiger partial charge in [0.2, 0.25) is 0 Å². The molecule has 41 heavy (non-hydrogen) atoms. The molecule has 1 amide bonds. The molecule has 0 saturated carbocycles. The third-order valence-corrected chi connectivity index (χ3v) is 5.70. The Hall–Kier alpha value is -3.44. The molecule has 7 heteroatoms. The van der Waals surface area contributed by atoms with Gasteiger partial charge < -0.3 is 20.5 Å². The van der Waals surface area contributed by atoms with E-state index in [-0.39, 0.29) is 19.4 Å². The van der Waals surface area contributed by atoms with Crippen molar-refractivity contribution in [3.05, 3.63) is 83.0 Å². The quantitative estimate of drug-likeness (QED) is 0.250.